The highest BCUT2D eigenvalue weighted by atomic mass is 32.2. The Morgan fingerprint density at radius 1 is 1.23 bits per heavy atom. The van der Waals surface area contributed by atoms with E-state index in [0.717, 1.165) is 10.9 Å². The van der Waals surface area contributed by atoms with Crippen molar-refractivity contribution >= 4 is 15.7 Å². The Balaban J connectivity index is 2.12. The minimum absolute atomic E-state index is 0.0813. The minimum atomic E-state index is -4.76. The van der Waals surface area contributed by atoms with E-state index < -0.39 is 45.0 Å². The largest absolute Gasteiger partial charge is 0.433 e. The summed E-state index contributed by atoms with van der Waals surface area (Å²) in [5.74, 6) is -1.45. The van der Waals surface area contributed by atoms with Gasteiger partial charge in [-0.2, -0.15) is 18.3 Å². The third kappa shape index (κ3) is 4.43. The lowest BCUT2D eigenvalue weighted by molar-refractivity contribution is -0.145. The standard InChI is InChI=1S/C16H18F3N3O3S/c1-11(2)22-14(16(17,18)19)13(10-21-22)15(23)20-8-9-26(24,25)12-6-4-3-5-7-12/h3-7,10-11H,8-9H2,1-2H3,(H,20,23). The molecule has 1 N–H and O–H groups in total. The molecule has 1 amide bonds. The van der Waals surface area contributed by atoms with Crippen molar-refractivity contribution in [1.29, 1.82) is 0 Å². The first-order valence-corrected chi connectivity index (χ1v) is 9.40. The molecule has 2 rings (SSSR count). The Kier molecular flexibility index (Phi) is 5.74. The first-order chi connectivity index (χ1) is 12.0. The Morgan fingerprint density at radius 3 is 2.38 bits per heavy atom. The molecule has 0 aliphatic rings. The number of sulfone groups is 1. The molecule has 0 unspecified atom stereocenters. The van der Waals surface area contributed by atoms with Crippen LogP contribution in [0, 0.1) is 0 Å². The number of hydrogen-bond acceptors (Lipinski definition) is 4. The van der Waals surface area contributed by atoms with Crippen LogP contribution in [0.2, 0.25) is 0 Å². The topological polar surface area (TPSA) is 81.1 Å². The predicted octanol–water partition coefficient (Wildman–Crippen LogP) is 2.69. The van der Waals surface area contributed by atoms with Gasteiger partial charge in [-0.1, -0.05) is 18.2 Å². The number of halogens is 3. The maximum absolute atomic E-state index is 13.3. The van der Waals surface area contributed by atoms with Crippen molar-refractivity contribution in [2.24, 2.45) is 0 Å². The average Bonchev–Trinajstić information content (AvgIpc) is 3.01. The van der Waals surface area contributed by atoms with Gasteiger partial charge in [0.25, 0.3) is 5.91 Å². The van der Waals surface area contributed by atoms with Gasteiger partial charge in [0.05, 0.1) is 22.4 Å². The Labute approximate surface area is 148 Å². The number of aromatic nitrogens is 2. The maximum Gasteiger partial charge on any atom is 0.433 e. The lowest BCUT2D eigenvalue weighted by Crippen LogP contribution is -2.31. The number of carbonyl (C=O) groups is 1. The second-order valence-electron chi connectivity index (χ2n) is 5.83. The lowest BCUT2D eigenvalue weighted by Gasteiger charge is -2.15. The molecule has 0 bridgehead atoms. The van der Waals surface area contributed by atoms with Crippen molar-refractivity contribution in [3.8, 4) is 0 Å². The SMILES string of the molecule is CC(C)n1ncc(C(=O)NCCS(=O)(=O)c2ccccc2)c1C(F)(F)F. The van der Waals surface area contributed by atoms with E-state index in [1.165, 1.54) is 26.0 Å². The molecule has 0 aliphatic carbocycles. The van der Waals surface area contributed by atoms with Gasteiger partial charge in [0.15, 0.2) is 15.5 Å². The first kappa shape index (κ1) is 20.0. The van der Waals surface area contributed by atoms with Crippen LogP contribution in [-0.4, -0.2) is 36.4 Å². The molecule has 1 aromatic heterocycles. The average molecular weight is 389 g/mol. The zero-order valence-corrected chi connectivity index (χ0v) is 14.9. The predicted molar refractivity (Wildman–Crippen MR) is 88.4 cm³/mol. The fourth-order valence-electron chi connectivity index (χ4n) is 2.34. The van der Waals surface area contributed by atoms with E-state index >= 15 is 0 Å². The molecular formula is C16H18F3N3O3S. The minimum Gasteiger partial charge on any atom is -0.351 e. The molecule has 0 radical (unpaired) electrons. The molecule has 6 nitrogen and oxygen atoms in total. The summed E-state index contributed by atoms with van der Waals surface area (Å²) in [6.45, 7) is 2.70. The molecular weight excluding hydrogens is 371 g/mol. The smallest absolute Gasteiger partial charge is 0.351 e. The quantitative estimate of drug-likeness (QED) is 0.824. The zero-order valence-electron chi connectivity index (χ0n) is 14.1. The summed E-state index contributed by atoms with van der Waals surface area (Å²) in [6, 6.07) is 7.00. The van der Waals surface area contributed by atoms with Crippen LogP contribution < -0.4 is 5.32 Å². The molecule has 0 saturated carbocycles. The van der Waals surface area contributed by atoms with E-state index in [9.17, 15) is 26.4 Å². The fraction of sp³-hybridized carbons (Fsp3) is 0.375. The molecule has 1 heterocycles. The van der Waals surface area contributed by atoms with Crippen molar-refractivity contribution in [1.82, 2.24) is 15.1 Å². The van der Waals surface area contributed by atoms with Gasteiger partial charge in [0.1, 0.15) is 0 Å². The van der Waals surface area contributed by atoms with Crippen molar-refractivity contribution in [3.05, 3.63) is 47.8 Å². The molecule has 2 aromatic rings. The molecule has 10 heteroatoms. The number of alkyl halides is 3. The van der Waals surface area contributed by atoms with Crippen LogP contribution in [0.3, 0.4) is 0 Å². The zero-order chi connectivity index (χ0) is 19.5. The van der Waals surface area contributed by atoms with Crippen LogP contribution in [0.4, 0.5) is 13.2 Å². The van der Waals surface area contributed by atoms with Crippen LogP contribution in [-0.2, 0) is 16.0 Å². The normalized spacial score (nSPS) is 12.4. The number of amides is 1. The number of carbonyl (C=O) groups excluding carboxylic acids is 1. The summed E-state index contributed by atoms with van der Waals surface area (Å²) in [6.07, 6.45) is -3.92. The van der Waals surface area contributed by atoms with E-state index in [0.29, 0.717) is 0 Å². The molecule has 1 aromatic carbocycles. The molecule has 0 aliphatic heterocycles. The van der Waals surface area contributed by atoms with E-state index in [1.54, 1.807) is 18.2 Å². The fourth-order valence-corrected chi connectivity index (χ4v) is 3.52. The summed E-state index contributed by atoms with van der Waals surface area (Å²) >= 11 is 0. The van der Waals surface area contributed by atoms with Crippen molar-refractivity contribution < 1.29 is 26.4 Å². The number of benzene rings is 1. The van der Waals surface area contributed by atoms with E-state index in [1.807, 2.05) is 0 Å². The second-order valence-corrected chi connectivity index (χ2v) is 7.94. The van der Waals surface area contributed by atoms with Gasteiger partial charge in [0, 0.05) is 12.6 Å². The van der Waals surface area contributed by atoms with Gasteiger partial charge in [-0.25, -0.2) is 8.42 Å². The van der Waals surface area contributed by atoms with Gasteiger partial charge in [-0.05, 0) is 26.0 Å². The molecule has 0 saturated heterocycles. The van der Waals surface area contributed by atoms with Gasteiger partial charge in [-0.3, -0.25) is 9.48 Å². The number of nitrogens with zero attached hydrogens (tertiary/aromatic N) is 2. The van der Waals surface area contributed by atoms with Gasteiger partial charge < -0.3 is 5.32 Å². The lowest BCUT2D eigenvalue weighted by atomic mass is 10.2. The maximum atomic E-state index is 13.3. The van der Waals surface area contributed by atoms with Crippen LogP contribution in [0.5, 0.6) is 0 Å². The summed E-state index contributed by atoms with van der Waals surface area (Å²) < 4.78 is 64.7. The summed E-state index contributed by atoms with van der Waals surface area (Å²) in [5, 5.41) is 5.84. The van der Waals surface area contributed by atoms with Crippen LogP contribution in [0.1, 0.15) is 35.9 Å². The molecule has 0 fully saturated rings. The van der Waals surface area contributed by atoms with Crippen molar-refractivity contribution in [2.45, 2.75) is 31.0 Å². The monoisotopic (exact) mass is 389 g/mol. The van der Waals surface area contributed by atoms with Crippen LogP contribution in [0.25, 0.3) is 0 Å². The van der Waals surface area contributed by atoms with Gasteiger partial charge in [-0.15, -0.1) is 0 Å². The third-order valence-electron chi connectivity index (χ3n) is 3.56. The molecule has 0 spiro atoms. The van der Waals surface area contributed by atoms with E-state index in [2.05, 4.69) is 10.4 Å². The van der Waals surface area contributed by atoms with Crippen LogP contribution >= 0.6 is 0 Å². The van der Waals surface area contributed by atoms with E-state index in [4.69, 9.17) is 0 Å². The number of nitrogens with one attached hydrogen (secondary N) is 1. The second kappa shape index (κ2) is 7.48. The highest BCUT2D eigenvalue weighted by molar-refractivity contribution is 7.91. The summed E-state index contributed by atoms with van der Waals surface area (Å²) in [5.41, 5.74) is -1.79. The van der Waals surface area contributed by atoms with Gasteiger partial charge in [0.2, 0.25) is 0 Å². The Hall–Kier alpha value is -2.36. The highest BCUT2D eigenvalue weighted by Gasteiger charge is 2.40. The van der Waals surface area contributed by atoms with Crippen molar-refractivity contribution in [2.75, 3.05) is 12.3 Å². The highest BCUT2D eigenvalue weighted by Crippen LogP contribution is 2.33. The molecule has 0 atom stereocenters. The Bertz CT molecular complexity index is 875. The number of hydrogen-bond donors (Lipinski definition) is 1. The van der Waals surface area contributed by atoms with E-state index in [-0.39, 0.29) is 11.4 Å². The summed E-state index contributed by atoms with van der Waals surface area (Å²) in [7, 11) is -3.64. The third-order valence-corrected chi connectivity index (χ3v) is 5.29. The van der Waals surface area contributed by atoms with Gasteiger partial charge >= 0.3 is 6.18 Å². The first-order valence-electron chi connectivity index (χ1n) is 7.74. The van der Waals surface area contributed by atoms with Crippen LogP contribution in [0.15, 0.2) is 41.4 Å². The number of rotatable bonds is 6. The van der Waals surface area contributed by atoms with Crippen molar-refractivity contribution in [3.63, 3.8) is 0 Å². The molecule has 26 heavy (non-hydrogen) atoms. The molecule has 142 valence electrons. The summed E-state index contributed by atoms with van der Waals surface area (Å²) in [4.78, 5) is 12.2. The Morgan fingerprint density at radius 2 is 1.85 bits per heavy atom.